The number of rotatable bonds is 4. The fourth-order valence-corrected chi connectivity index (χ4v) is 3.91. The molecule has 1 N–H and O–H groups in total. The zero-order chi connectivity index (χ0) is 17.5. The Morgan fingerprint density at radius 3 is 2.71 bits per heavy atom. The molecule has 0 bridgehead atoms. The van der Waals surface area contributed by atoms with Crippen molar-refractivity contribution >= 4 is 21.4 Å². The second-order valence-corrected chi connectivity index (χ2v) is 8.12. The van der Waals surface area contributed by atoms with Crippen LogP contribution < -0.4 is 10.9 Å². The molecule has 0 unspecified atom stereocenters. The standard InChI is InChI=1S/C16H25N5O2S/c1-10-6-13(22)21-15(18-10)24-14(19-21)17-9-16(4,5)20-7-11(2)23-12(3)8-20/h6,11-12H,7-9H2,1-5H3,(H,17,19)/t11-,12-/m1/s1. The molecule has 0 spiro atoms. The largest absolute Gasteiger partial charge is 0.373 e. The maximum atomic E-state index is 12.0. The average Bonchev–Trinajstić information content (AvgIpc) is 2.87. The molecule has 1 aliphatic heterocycles. The quantitative estimate of drug-likeness (QED) is 0.905. The zero-order valence-corrected chi connectivity index (χ0v) is 15.7. The second-order valence-electron chi connectivity index (χ2n) is 7.17. The van der Waals surface area contributed by atoms with Gasteiger partial charge in [0.15, 0.2) is 0 Å². The van der Waals surface area contributed by atoms with Crippen LogP contribution in [0, 0.1) is 6.92 Å². The second kappa shape index (κ2) is 6.42. The summed E-state index contributed by atoms with van der Waals surface area (Å²) in [4.78, 5) is 19.4. The lowest BCUT2D eigenvalue weighted by atomic mass is 10.0. The summed E-state index contributed by atoms with van der Waals surface area (Å²) in [5, 5.41) is 8.43. The third-order valence-corrected chi connectivity index (χ3v) is 5.19. The van der Waals surface area contributed by atoms with Gasteiger partial charge in [0.05, 0.1) is 12.2 Å². The summed E-state index contributed by atoms with van der Waals surface area (Å²) >= 11 is 1.40. The molecule has 0 aliphatic carbocycles. The minimum atomic E-state index is -0.142. The number of ether oxygens (including phenoxy) is 1. The Kier molecular flexibility index (Phi) is 4.63. The molecule has 2 atom stereocenters. The van der Waals surface area contributed by atoms with E-state index in [-0.39, 0.29) is 23.3 Å². The van der Waals surface area contributed by atoms with Crippen LogP contribution in [0.5, 0.6) is 0 Å². The Morgan fingerprint density at radius 1 is 1.38 bits per heavy atom. The number of anilines is 1. The molecule has 1 saturated heterocycles. The van der Waals surface area contributed by atoms with Crippen LogP contribution in [0.4, 0.5) is 5.13 Å². The number of aromatic nitrogens is 3. The highest BCUT2D eigenvalue weighted by Crippen LogP contribution is 2.23. The molecular weight excluding hydrogens is 326 g/mol. The molecule has 2 aromatic heterocycles. The van der Waals surface area contributed by atoms with Gasteiger partial charge in [-0.05, 0) is 34.6 Å². The van der Waals surface area contributed by atoms with Crippen LogP contribution in [-0.2, 0) is 4.74 Å². The van der Waals surface area contributed by atoms with Crippen molar-refractivity contribution in [3.05, 3.63) is 22.1 Å². The van der Waals surface area contributed by atoms with Crippen molar-refractivity contribution in [2.75, 3.05) is 25.0 Å². The van der Waals surface area contributed by atoms with Gasteiger partial charge < -0.3 is 10.1 Å². The summed E-state index contributed by atoms with van der Waals surface area (Å²) in [6.07, 6.45) is 0.474. The number of hydrogen-bond donors (Lipinski definition) is 1. The van der Waals surface area contributed by atoms with Gasteiger partial charge in [0.2, 0.25) is 10.1 Å². The van der Waals surface area contributed by atoms with E-state index in [9.17, 15) is 4.79 Å². The lowest BCUT2D eigenvalue weighted by molar-refractivity contribution is -0.0933. The highest BCUT2D eigenvalue weighted by molar-refractivity contribution is 7.20. The van der Waals surface area contributed by atoms with Gasteiger partial charge in [0, 0.05) is 36.9 Å². The van der Waals surface area contributed by atoms with E-state index in [2.05, 4.69) is 48.0 Å². The van der Waals surface area contributed by atoms with Crippen LogP contribution >= 0.6 is 11.3 Å². The summed E-state index contributed by atoms with van der Waals surface area (Å²) < 4.78 is 7.17. The first kappa shape index (κ1) is 17.3. The highest BCUT2D eigenvalue weighted by Gasteiger charge is 2.33. The van der Waals surface area contributed by atoms with E-state index < -0.39 is 0 Å². The number of aryl methyl sites for hydroxylation is 1. The van der Waals surface area contributed by atoms with Gasteiger partial charge in [-0.25, -0.2) is 4.98 Å². The Balaban J connectivity index is 1.72. The molecule has 0 saturated carbocycles. The molecule has 7 nitrogen and oxygen atoms in total. The number of hydrogen-bond acceptors (Lipinski definition) is 7. The molecule has 1 fully saturated rings. The molecule has 132 valence electrons. The number of fused-ring (bicyclic) bond motifs is 1. The van der Waals surface area contributed by atoms with Crippen molar-refractivity contribution in [1.29, 1.82) is 0 Å². The van der Waals surface area contributed by atoms with Crippen molar-refractivity contribution in [3.8, 4) is 0 Å². The molecule has 3 rings (SSSR count). The minimum Gasteiger partial charge on any atom is -0.373 e. The number of nitrogens with one attached hydrogen (secondary N) is 1. The number of nitrogens with zero attached hydrogens (tertiary/aromatic N) is 4. The zero-order valence-electron chi connectivity index (χ0n) is 14.9. The lowest BCUT2D eigenvalue weighted by Crippen LogP contribution is -2.57. The monoisotopic (exact) mass is 351 g/mol. The normalized spacial score (nSPS) is 22.9. The Bertz CT molecular complexity index is 774. The third kappa shape index (κ3) is 3.60. The van der Waals surface area contributed by atoms with Gasteiger partial charge >= 0.3 is 0 Å². The molecule has 2 aromatic rings. The molecule has 0 radical (unpaired) electrons. The van der Waals surface area contributed by atoms with Gasteiger partial charge in [0.25, 0.3) is 5.56 Å². The van der Waals surface area contributed by atoms with Gasteiger partial charge in [-0.2, -0.15) is 4.52 Å². The van der Waals surface area contributed by atoms with Crippen molar-refractivity contribution in [2.24, 2.45) is 0 Å². The van der Waals surface area contributed by atoms with Crippen molar-refractivity contribution < 1.29 is 4.74 Å². The minimum absolute atomic E-state index is 0.0432. The molecule has 3 heterocycles. The van der Waals surface area contributed by atoms with Crippen molar-refractivity contribution in [1.82, 2.24) is 19.5 Å². The first-order chi connectivity index (χ1) is 11.2. The Morgan fingerprint density at radius 2 is 2.04 bits per heavy atom. The predicted molar refractivity (Wildman–Crippen MR) is 96.0 cm³/mol. The van der Waals surface area contributed by atoms with Crippen molar-refractivity contribution in [3.63, 3.8) is 0 Å². The smallest absolute Gasteiger partial charge is 0.275 e. The van der Waals surface area contributed by atoms with E-state index in [1.807, 2.05) is 6.92 Å². The summed E-state index contributed by atoms with van der Waals surface area (Å²) in [7, 11) is 0. The van der Waals surface area contributed by atoms with Gasteiger partial charge in [-0.3, -0.25) is 9.69 Å². The first-order valence-corrected chi connectivity index (χ1v) is 9.08. The lowest BCUT2D eigenvalue weighted by Gasteiger charge is -2.45. The molecule has 0 aromatic carbocycles. The first-order valence-electron chi connectivity index (χ1n) is 8.26. The molecule has 24 heavy (non-hydrogen) atoms. The van der Waals surface area contributed by atoms with Crippen molar-refractivity contribution in [2.45, 2.75) is 52.4 Å². The van der Waals surface area contributed by atoms with Gasteiger partial charge in [-0.15, -0.1) is 5.10 Å². The summed E-state index contributed by atoms with van der Waals surface area (Å²) in [5.41, 5.74) is 0.530. The predicted octanol–water partition coefficient (Wildman–Crippen LogP) is 1.76. The van der Waals surface area contributed by atoms with Crippen LogP contribution in [0.25, 0.3) is 4.96 Å². The number of morpholine rings is 1. The van der Waals surface area contributed by atoms with E-state index in [1.165, 1.54) is 21.9 Å². The van der Waals surface area contributed by atoms with E-state index >= 15 is 0 Å². The topological polar surface area (TPSA) is 71.8 Å². The van der Waals surface area contributed by atoms with Crippen LogP contribution in [0.3, 0.4) is 0 Å². The molecule has 1 aliphatic rings. The summed E-state index contributed by atoms with van der Waals surface area (Å²) in [6, 6.07) is 1.50. The van der Waals surface area contributed by atoms with Crippen LogP contribution in [-0.4, -0.2) is 56.9 Å². The van der Waals surface area contributed by atoms with E-state index in [4.69, 9.17) is 4.74 Å². The fourth-order valence-electron chi connectivity index (χ4n) is 3.07. The SMILES string of the molecule is Cc1cc(=O)n2nc(NCC(C)(C)N3C[C@@H](C)O[C@H](C)C3)sc2n1. The Labute approximate surface area is 145 Å². The van der Waals surface area contributed by atoms with Gasteiger partial charge in [-0.1, -0.05) is 11.3 Å². The molecule has 8 heteroatoms. The van der Waals surface area contributed by atoms with E-state index in [1.54, 1.807) is 0 Å². The molecular formula is C16H25N5O2S. The van der Waals surface area contributed by atoms with Crippen LogP contribution in [0.15, 0.2) is 10.9 Å². The van der Waals surface area contributed by atoms with Crippen LogP contribution in [0.1, 0.15) is 33.4 Å². The maximum absolute atomic E-state index is 12.0. The fraction of sp³-hybridized carbons (Fsp3) is 0.688. The third-order valence-electron chi connectivity index (χ3n) is 4.32. The Hall–Kier alpha value is -1.51. The summed E-state index contributed by atoms with van der Waals surface area (Å²) in [6.45, 7) is 13.0. The van der Waals surface area contributed by atoms with Crippen LogP contribution in [0.2, 0.25) is 0 Å². The van der Waals surface area contributed by atoms with Gasteiger partial charge in [0.1, 0.15) is 0 Å². The molecule has 0 amide bonds. The highest BCUT2D eigenvalue weighted by atomic mass is 32.1. The van der Waals surface area contributed by atoms with E-state index in [0.29, 0.717) is 15.8 Å². The summed E-state index contributed by atoms with van der Waals surface area (Å²) in [5.74, 6) is 0. The maximum Gasteiger partial charge on any atom is 0.275 e. The average molecular weight is 351 g/mol. The van der Waals surface area contributed by atoms with E-state index in [0.717, 1.165) is 19.6 Å².